The van der Waals surface area contributed by atoms with E-state index in [1.54, 1.807) is 0 Å². The molecule has 1 amide bonds. The van der Waals surface area contributed by atoms with Crippen LogP contribution in [0.4, 0.5) is 0 Å². The molecular formula is C15H27N3O. The lowest BCUT2D eigenvalue weighted by Gasteiger charge is -2.32. The van der Waals surface area contributed by atoms with Crippen molar-refractivity contribution in [1.82, 2.24) is 15.5 Å². The molecule has 3 unspecified atom stereocenters. The van der Waals surface area contributed by atoms with Crippen molar-refractivity contribution in [1.29, 1.82) is 0 Å². The van der Waals surface area contributed by atoms with Gasteiger partial charge in [-0.15, -0.1) is 0 Å². The highest BCUT2D eigenvalue weighted by Gasteiger charge is 2.36. The first-order valence-electron chi connectivity index (χ1n) is 8.07. The molecule has 3 saturated heterocycles. The smallest absolute Gasteiger partial charge is 0.220 e. The van der Waals surface area contributed by atoms with Crippen LogP contribution in [0.3, 0.4) is 0 Å². The van der Waals surface area contributed by atoms with Gasteiger partial charge in [0.25, 0.3) is 0 Å². The fraction of sp³-hybridized carbons (Fsp3) is 0.933. The van der Waals surface area contributed by atoms with Crippen LogP contribution in [-0.4, -0.2) is 49.1 Å². The van der Waals surface area contributed by atoms with Crippen LogP contribution < -0.4 is 10.6 Å². The number of nitrogens with one attached hydrogen (secondary N) is 2. The van der Waals surface area contributed by atoms with Gasteiger partial charge >= 0.3 is 0 Å². The van der Waals surface area contributed by atoms with Crippen molar-refractivity contribution in [3.05, 3.63) is 0 Å². The fourth-order valence-electron chi connectivity index (χ4n) is 4.04. The minimum atomic E-state index is 0.283. The van der Waals surface area contributed by atoms with E-state index in [4.69, 9.17) is 0 Å². The van der Waals surface area contributed by atoms with Crippen LogP contribution >= 0.6 is 0 Å². The van der Waals surface area contributed by atoms with Crippen LogP contribution in [0, 0.1) is 5.92 Å². The van der Waals surface area contributed by atoms with Gasteiger partial charge in [-0.05, 0) is 57.7 Å². The molecule has 4 heteroatoms. The van der Waals surface area contributed by atoms with Gasteiger partial charge in [0.1, 0.15) is 0 Å². The first-order valence-corrected chi connectivity index (χ1v) is 8.07. The number of nitrogens with zero attached hydrogens (tertiary/aromatic N) is 1. The summed E-state index contributed by atoms with van der Waals surface area (Å²) in [5, 5.41) is 6.71. The third-order valence-electron chi connectivity index (χ3n) is 5.08. The number of hydrogen-bond acceptors (Lipinski definition) is 3. The summed E-state index contributed by atoms with van der Waals surface area (Å²) in [6.07, 6.45) is 8.24. The molecule has 108 valence electrons. The van der Waals surface area contributed by atoms with E-state index >= 15 is 0 Å². The van der Waals surface area contributed by atoms with E-state index < -0.39 is 0 Å². The Bertz CT molecular complexity index is 315. The summed E-state index contributed by atoms with van der Waals surface area (Å²) in [6.45, 7) is 4.57. The molecule has 19 heavy (non-hydrogen) atoms. The van der Waals surface area contributed by atoms with Gasteiger partial charge < -0.3 is 10.6 Å². The molecule has 3 aliphatic rings. The number of rotatable bonds is 3. The lowest BCUT2D eigenvalue weighted by molar-refractivity contribution is -0.123. The van der Waals surface area contributed by atoms with Crippen molar-refractivity contribution >= 4 is 5.91 Å². The van der Waals surface area contributed by atoms with Crippen LogP contribution in [0.25, 0.3) is 0 Å². The van der Waals surface area contributed by atoms with Gasteiger partial charge in [0.15, 0.2) is 0 Å². The fourth-order valence-corrected chi connectivity index (χ4v) is 4.04. The number of hydrogen-bond donors (Lipinski definition) is 2. The first-order chi connectivity index (χ1) is 9.33. The van der Waals surface area contributed by atoms with E-state index in [1.807, 2.05) is 0 Å². The Morgan fingerprint density at radius 3 is 2.95 bits per heavy atom. The molecule has 3 rings (SSSR count). The van der Waals surface area contributed by atoms with Crippen molar-refractivity contribution < 1.29 is 4.79 Å². The average molecular weight is 265 g/mol. The Balaban J connectivity index is 1.46. The number of amides is 1. The van der Waals surface area contributed by atoms with Gasteiger partial charge in [0.2, 0.25) is 5.91 Å². The maximum atomic E-state index is 12.2. The lowest BCUT2D eigenvalue weighted by Crippen LogP contribution is -2.47. The lowest BCUT2D eigenvalue weighted by atomic mass is 9.95. The molecule has 2 N–H and O–H groups in total. The van der Waals surface area contributed by atoms with Gasteiger partial charge in [-0.25, -0.2) is 0 Å². The monoisotopic (exact) mass is 265 g/mol. The second-order valence-corrected chi connectivity index (χ2v) is 6.48. The van der Waals surface area contributed by atoms with Crippen LogP contribution in [-0.2, 0) is 4.79 Å². The van der Waals surface area contributed by atoms with E-state index in [0.29, 0.717) is 18.0 Å². The Kier molecular flexibility index (Phi) is 4.38. The molecule has 0 aromatic rings. The zero-order valence-electron chi connectivity index (χ0n) is 11.9. The molecule has 0 aliphatic carbocycles. The Hall–Kier alpha value is -0.610. The summed E-state index contributed by atoms with van der Waals surface area (Å²) in [7, 11) is 0. The highest BCUT2D eigenvalue weighted by atomic mass is 16.1. The first kappa shape index (κ1) is 13.4. The molecule has 4 nitrogen and oxygen atoms in total. The second-order valence-electron chi connectivity index (χ2n) is 6.48. The number of carbonyl (C=O) groups is 1. The molecule has 0 bridgehead atoms. The van der Waals surface area contributed by atoms with Gasteiger partial charge in [0.05, 0.1) is 0 Å². The molecule has 3 fully saturated rings. The molecule has 0 spiro atoms. The Labute approximate surface area is 116 Å². The van der Waals surface area contributed by atoms with Crippen LogP contribution in [0.1, 0.15) is 44.9 Å². The summed E-state index contributed by atoms with van der Waals surface area (Å²) in [5.74, 6) is 0.837. The molecule has 3 aliphatic heterocycles. The number of piperidine rings is 2. The van der Waals surface area contributed by atoms with Crippen molar-refractivity contribution in [3.8, 4) is 0 Å². The van der Waals surface area contributed by atoms with E-state index in [1.165, 1.54) is 45.2 Å². The quantitative estimate of drug-likeness (QED) is 0.804. The number of carbonyl (C=O) groups excluding carboxylic acids is 1. The van der Waals surface area contributed by atoms with E-state index in [9.17, 15) is 4.79 Å². The predicted octanol–water partition coefficient (Wildman–Crippen LogP) is 1.12. The SMILES string of the molecule is O=C(CC1CCCNC1)NC1CCN2CCCCC12. The van der Waals surface area contributed by atoms with Gasteiger partial charge in [0, 0.05) is 25.0 Å². The molecule has 3 atom stereocenters. The van der Waals surface area contributed by atoms with Crippen LogP contribution in [0.2, 0.25) is 0 Å². The van der Waals surface area contributed by atoms with Crippen molar-refractivity contribution in [3.63, 3.8) is 0 Å². The standard InChI is InChI=1S/C15H27N3O/c19-15(10-12-4-3-7-16-11-12)17-13-6-9-18-8-2-1-5-14(13)18/h12-14,16H,1-11H2,(H,17,19). The molecule has 0 aromatic heterocycles. The summed E-state index contributed by atoms with van der Waals surface area (Å²) < 4.78 is 0. The van der Waals surface area contributed by atoms with Crippen molar-refractivity contribution in [2.75, 3.05) is 26.2 Å². The molecular weight excluding hydrogens is 238 g/mol. The highest BCUT2D eigenvalue weighted by molar-refractivity contribution is 5.76. The average Bonchev–Trinajstić information content (AvgIpc) is 2.83. The molecule has 0 aromatic carbocycles. The molecule has 3 heterocycles. The second kappa shape index (κ2) is 6.23. The highest BCUT2D eigenvalue weighted by Crippen LogP contribution is 2.27. The van der Waals surface area contributed by atoms with E-state index in [-0.39, 0.29) is 5.91 Å². The van der Waals surface area contributed by atoms with Gasteiger partial charge in [-0.2, -0.15) is 0 Å². The van der Waals surface area contributed by atoms with Crippen LogP contribution in [0.5, 0.6) is 0 Å². The Morgan fingerprint density at radius 1 is 1.16 bits per heavy atom. The molecule has 0 saturated carbocycles. The third-order valence-corrected chi connectivity index (χ3v) is 5.08. The molecule has 0 radical (unpaired) electrons. The zero-order valence-corrected chi connectivity index (χ0v) is 11.9. The number of fused-ring (bicyclic) bond motifs is 1. The summed E-state index contributed by atoms with van der Waals surface area (Å²) >= 11 is 0. The maximum absolute atomic E-state index is 12.2. The third kappa shape index (κ3) is 3.29. The summed E-state index contributed by atoms with van der Waals surface area (Å²) in [6, 6.07) is 1.05. The van der Waals surface area contributed by atoms with Crippen molar-refractivity contribution in [2.24, 2.45) is 5.92 Å². The van der Waals surface area contributed by atoms with E-state index in [0.717, 1.165) is 25.9 Å². The minimum absolute atomic E-state index is 0.283. The normalized spacial score (nSPS) is 35.9. The largest absolute Gasteiger partial charge is 0.352 e. The predicted molar refractivity (Wildman–Crippen MR) is 76.0 cm³/mol. The Morgan fingerprint density at radius 2 is 2.11 bits per heavy atom. The van der Waals surface area contributed by atoms with Gasteiger partial charge in [-0.3, -0.25) is 9.69 Å². The van der Waals surface area contributed by atoms with Gasteiger partial charge in [-0.1, -0.05) is 6.42 Å². The topological polar surface area (TPSA) is 44.4 Å². The maximum Gasteiger partial charge on any atom is 0.220 e. The van der Waals surface area contributed by atoms with Crippen molar-refractivity contribution in [2.45, 2.75) is 57.0 Å². The zero-order chi connectivity index (χ0) is 13.1. The minimum Gasteiger partial charge on any atom is -0.352 e. The summed E-state index contributed by atoms with van der Waals surface area (Å²) in [5.41, 5.74) is 0. The summed E-state index contributed by atoms with van der Waals surface area (Å²) in [4.78, 5) is 14.8. The van der Waals surface area contributed by atoms with Crippen LogP contribution in [0.15, 0.2) is 0 Å². The van der Waals surface area contributed by atoms with E-state index in [2.05, 4.69) is 15.5 Å².